The van der Waals surface area contributed by atoms with Gasteiger partial charge in [-0.15, -0.1) is 0 Å². The summed E-state index contributed by atoms with van der Waals surface area (Å²) in [6.07, 6.45) is 1.20. The number of anilines is 1. The minimum absolute atomic E-state index is 0.142. The van der Waals surface area contributed by atoms with Crippen LogP contribution in [0.4, 0.5) is 5.69 Å². The summed E-state index contributed by atoms with van der Waals surface area (Å²) in [5, 5.41) is 2.84. The molecule has 9 heteroatoms. The lowest BCUT2D eigenvalue weighted by Crippen LogP contribution is -2.30. The predicted octanol–water partition coefficient (Wildman–Crippen LogP) is 5.62. The molecule has 4 aromatic rings. The summed E-state index contributed by atoms with van der Waals surface area (Å²) >= 11 is 1.51. The Bertz CT molecular complexity index is 1480. The molecule has 4 rings (SSSR count). The molecule has 0 aromatic heterocycles. The van der Waals surface area contributed by atoms with E-state index in [-0.39, 0.29) is 12.5 Å². The minimum atomic E-state index is -3.58. The van der Waals surface area contributed by atoms with Crippen LogP contribution in [0.2, 0.25) is 0 Å². The Labute approximate surface area is 233 Å². The molecule has 0 spiro atoms. The molecule has 0 unspecified atom stereocenters. The van der Waals surface area contributed by atoms with Gasteiger partial charge in [0.15, 0.2) is 0 Å². The molecule has 0 saturated carbocycles. The van der Waals surface area contributed by atoms with E-state index < -0.39 is 10.0 Å². The van der Waals surface area contributed by atoms with Crippen LogP contribution in [-0.4, -0.2) is 40.8 Å². The smallest absolute Gasteiger partial charge is 0.251 e. The number of rotatable bonds is 12. The van der Waals surface area contributed by atoms with E-state index in [1.54, 1.807) is 55.6 Å². The van der Waals surface area contributed by atoms with Gasteiger partial charge in [0.1, 0.15) is 18.1 Å². The van der Waals surface area contributed by atoms with Gasteiger partial charge in [-0.1, -0.05) is 54.2 Å². The number of nitrogens with zero attached hydrogens (tertiary/aromatic N) is 1. The second-order valence-corrected chi connectivity index (χ2v) is 11.7. The van der Waals surface area contributed by atoms with E-state index in [0.717, 1.165) is 21.1 Å². The van der Waals surface area contributed by atoms with E-state index in [1.807, 2.05) is 54.6 Å². The van der Waals surface area contributed by atoms with Crippen LogP contribution in [0.15, 0.2) is 113 Å². The third-order valence-corrected chi connectivity index (χ3v) is 7.96. The highest BCUT2D eigenvalue weighted by Gasteiger charge is 2.21. The zero-order valence-electron chi connectivity index (χ0n) is 21.7. The maximum absolute atomic E-state index is 12.8. The molecule has 0 bridgehead atoms. The quantitative estimate of drug-likeness (QED) is 0.226. The lowest BCUT2D eigenvalue weighted by atomic mass is 10.1. The van der Waals surface area contributed by atoms with E-state index >= 15 is 0 Å². The molecule has 1 amide bonds. The third kappa shape index (κ3) is 8.02. The first-order valence-corrected chi connectivity index (χ1v) is 14.9. The van der Waals surface area contributed by atoms with Gasteiger partial charge in [-0.2, -0.15) is 0 Å². The fourth-order valence-electron chi connectivity index (χ4n) is 3.78. The molecular formula is C30H30N2O5S2. The molecule has 1 N–H and O–H groups in total. The van der Waals surface area contributed by atoms with Crippen molar-refractivity contribution in [2.75, 3.05) is 30.8 Å². The van der Waals surface area contributed by atoms with Crippen LogP contribution in [0.5, 0.6) is 11.5 Å². The lowest BCUT2D eigenvalue weighted by molar-refractivity contribution is 0.0947. The predicted molar refractivity (Wildman–Crippen MR) is 155 cm³/mol. The van der Waals surface area contributed by atoms with E-state index in [0.29, 0.717) is 30.2 Å². The molecule has 0 aliphatic rings. The van der Waals surface area contributed by atoms with Crippen LogP contribution in [0.3, 0.4) is 0 Å². The average molecular weight is 563 g/mol. The Morgan fingerprint density at radius 2 is 1.49 bits per heavy atom. The van der Waals surface area contributed by atoms with Gasteiger partial charge in [0.2, 0.25) is 10.0 Å². The summed E-state index contributed by atoms with van der Waals surface area (Å²) in [4.78, 5) is 14.4. The Hall–Kier alpha value is -3.95. The molecule has 0 saturated heterocycles. The average Bonchev–Trinajstić information content (AvgIpc) is 2.95. The van der Waals surface area contributed by atoms with E-state index in [4.69, 9.17) is 9.47 Å². The standard InChI is InChI=1S/C30H30N2O5S2/c1-36-25-16-18-26(19-17-25)37-21-20-31-30(33)24-14-12-23(13-15-24)22-32(39(2,34)35)28-10-6-7-11-29(28)38-27-8-4-3-5-9-27/h3-19H,20-22H2,1-2H3,(H,31,33). The van der Waals surface area contributed by atoms with Crippen molar-refractivity contribution in [2.45, 2.75) is 16.3 Å². The summed E-state index contributed by atoms with van der Waals surface area (Å²) < 4.78 is 37.8. The molecule has 0 aliphatic heterocycles. The second kappa shape index (κ2) is 13.2. The molecule has 4 aromatic carbocycles. The van der Waals surface area contributed by atoms with Crippen molar-refractivity contribution >= 4 is 33.4 Å². The Kier molecular flexibility index (Phi) is 9.51. The van der Waals surface area contributed by atoms with E-state index in [9.17, 15) is 13.2 Å². The minimum Gasteiger partial charge on any atom is -0.497 e. The second-order valence-electron chi connectivity index (χ2n) is 8.63. The number of para-hydroxylation sites is 1. The largest absolute Gasteiger partial charge is 0.497 e. The number of benzene rings is 4. The summed E-state index contributed by atoms with van der Waals surface area (Å²) in [6.45, 7) is 0.799. The van der Waals surface area contributed by atoms with Crippen LogP contribution in [0.1, 0.15) is 15.9 Å². The van der Waals surface area contributed by atoms with Gasteiger partial charge in [0.05, 0.1) is 32.1 Å². The maximum Gasteiger partial charge on any atom is 0.251 e. The third-order valence-electron chi connectivity index (χ3n) is 5.76. The number of nitrogens with one attached hydrogen (secondary N) is 1. The highest BCUT2D eigenvalue weighted by molar-refractivity contribution is 7.99. The molecule has 0 radical (unpaired) electrons. The van der Waals surface area contributed by atoms with Crippen molar-refractivity contribution in [3.05, 3.63) is 114 Å². The maximum atomic E-state index is 12.8. The Morgan fingerprint density at radius 3 is 2.15 bits per heavy atom. The molecule has 0 heterocycles. The van der Waals surface area contributed by atoms with Gasteiger partial charge in [-0.05, 0) is 66.2 Å². The Balaban J connectivity index is 1.38. The molecule has 0 fully saturated rings. The first-order chi connectivity index (χ1) is 18.8. The number of methoxy groups -OCH3 is 1. The molecular weight excluding hydrogens is 532 g/mol. The zero-order chi connectivity index (χ0) is 27.7. The van der Waals surface area contributed by atoms with Crippen molar-refractivity contribution in [1.82, 2.24) is 5.32 Å². The van der Waals surface area contributed by atoms with Crippen molar-refractivity contribution in [1.29, 1.82) is 0 Å². The molecule has 202 valence electrons. The van der Waals surface area contributed by atoms with Gasteiger partial charge in [0, 0.05) is 15.4 Å². The molecule has 39 heavy (non-hydrogen) atoms. The number of hydrogen-bond acceptors (Lipinski definition) is 6. The van der Waals surface area contributed by atoms with Gasteiger partial charge >= 0.3 is 0 Å². The molecule has 0 atom stereocenters. The van der Waals surface area contributed by atoms with Crippen molar-refractivity contribution in [3.63, 3.8) is 0 Å². The fraction of sp³-hybridized carbons (Fsp3) is 0.167. The van der Waals surface area contributed by atoms with E-state index in [2.05, 4.69) is 5.32 Å². The molecule has 0 aliphatic carbocycles. The van der Waals surface area contributed by atoms with Gasteiger partial charge in [-0.3, -0.25) is 9.10 Å². The van der Waals surface area contributed by atoms with Crippen molar-refractivity contribution in [2.24, 2.45) is 0 Å². The number of carbonyl (C=O) groups excluding carboxylic acids is 1. The highest BCUT2D eigenvalue weighted by Crippen LogP contribution is 2.36. The summed E-state index contributed by atoms with van der Waals surface area (Å²) in [7, 11) is -1.98. The topological polar surface area (TPSA) is 84.9 Å². The van der Waals surface area contributed by atoms with Crippen LogP contribution >= 0.6 is 11.8 Å². The van der Waals surface area contributed by atoms with Crippen LogP contribution in [0.25, 0.3) is 0 Å². The number of sulfonamides is 1. The first kappa shape index (κ1) is 28.1. The number of amides is 1. The summed E-state index contributed by atoms with van der Waals surface area (Å²) in [5.41, 5.74) is 1.85. The number of hydrogen-bond donors (Lipinski definition) is 1. The monoisotopic (exact) mass is 562 g/mol. The van der Waals surface area contributed by atoms with Gasteiger partial charge in [0.25, 0.3) is 5.91 Å². The lowest BCUT2D eigenvalue weighted by Gasteiger charge is -2.25. The number of ether oxygens (including phenoxy) is 2. The summed E-state index contributed by atoms with van der Waals surface area (Å²) in [6, 6.07) is 31.4. The summed E-state index contributed by atoms with van der Waals surface area (Å²) in [5.74, 6) is 1.20. The van der Waals surface area contributed by atoms with E-state index in [1.165, 1.54) is 22.3 Å². The van der Waals surface area contributed by atoms with Crippen LogP contribution < -0.4 is 19.1 Å². The van der Waals surface area contributed by atoms with Crippen LogP contribution in [-0.2, 0) is 16.6 Å². The van der Waals surface area contributed by atoms with Crippen LogP contribution in [0, 0.1) is 0 Å². The van der Waals surface area contributed by atoms with Crippen molar-refractivity contribution in [3.8, 4) is 11.5 Å². The fourth-order valence-corrected chi connectivity index (χ4v) is 5.72. The Morgan fingerprint density at radius 1 is 0.846 bits per heavy atom. The number of carbonyl (C=O) groups is 1. The SMILES string of the molecule is COc1ccc(OCCNC(=O)c2ccc(CN(c3ccccc3Sc3ccccc3)S(C)(=O)=O)cc2)cc1. The van der Waals surface area contributed by atoms with Gasteiger partial charge in [-0.25, -0.2) is 8.42 Å². The normalized spacial score (nSPS) is 11.0. The van der Waals surface area contributed by atoms with Gasteiger partial charge < -0.3 is 14.8 Å². The highest BCUT2D eigenvalue weighted by atomic mass is 32.2. The first-order valence-electron chi connectivity index (χ1n) is 12.3. The van der Waals surface area contributed by atoms with Crippen molar-refractivity contribution < 1.29 is 22.7 Å². The zero-order valence-corrected chi connectivity index (χ0v) is 23.4. The molecule has 7 nitrogen and oxygen atoms in total.